The topological polar surface area (TPSA) is 50.9 Å². The van der Waals surface area contributed by atoms with Crippen LogP contribution in [0.1, 0.15) is 23.5 Å². The number of rotatable bonds is 4. The Hall–Kier alpha value is -1.17. The van der Waals surface area contributed by atoms with Gasteiger partial charge in [0.05, 0.1) is 16.1 Å². The Kier molecular flexibility index (Phi) is 4.16. The summed E-state index contributed by atoms with van der Waals surface area (Å²) in [7, 11) is 0. The predicted octanol–water partition coefficient (Wildman–Crippen LogP) is 3.60. The minimum absolute atomic E-state index is 0.125. The fraction of sp³-hybridized carbons (Fsp3) is 0.167. The number of nitrogens with zero attached hydrogens (tertiary/aromatic N) is 1. The van der Waals surface area contributed by atoms with Gasteiger partial charge in [-0.25, -0.2) is 0 Å². The molecule has 2 aromatic heterocycles. The van der Waals surface area contributed by atoms with E-state index in [1.165, 1.54) is 0 Å². The lowest BCUT2D eigenvalue weighted by molar-refractivity contribution is 0.905. The Labute approximate surface area is 120 Å². The number of aromatic nitrogens is 1. The summed E-state index contributed by atoms with van der Waals surface area (Å²) in [6.45, 7) is 2.05. The average molecular weight is 298 g/mol. The molecule has 0 radical (unpaired) electrons. The van der Waals surface area contributed by atoms with Gasteiger partial charge in [-0.15, -0.1) is 11.3 Å². The second-order valence-electron chi connectivity index (χ2n) is 3.77. The van der Waals surface area contributed by atoms with E-state index in [-0.39, 0.29) is 11.0 Å². The third-order valence-electron chi connectivity index (χ3n) is 2.43. The summed E-state index contributed by atoms with van der Waals surface area (Å²) in [5.74, 6) is 0. The molecule has 0 aliphatic rings. The van der Waals surface area contributed by atoms with E-state index in [9.17, 15) is 0 Å². The highest BCUT2D eigenvalue weighted by Crippen LogP contribution is 2.29. The fourth-order valence-corrected chi connectivity index (χ4v) is 2.81. The standard InChI is InChI=1S/C12H12ClN3S2/c1-7(9-4-5-10(13)18-9)16-8-3-2-6-15-11(8)12(14)17/h2-7,16H,1H3,(H2,14,17). The van der Waals surface area contributed by atoms with Crippen molar-refractivity contribution in [2.75, 3.05) is 5.32 Å². The molecule has 3 N–H and O–H groups in total. The smallest absolute Gasteiger partial charge is 0.124 e. The molecule has 0 saturated carbocycles. The molecule has 0 aliphatic carbocycles. The lowest BCUT2D eigenvalue weighted by Crippen LogP contribution is -2.16. The maximum Gasteiger partial charge on any atom is 0.124 e. The Morgan fingerprint density at radius 1 is 1.50 bits per heavy atom. The van der Waals surface area contributed by atoms with E-state index in [4.69, 9.17) is 29.6 Å². The summed E-state index contributed by atoms with van der Waals surface area (Å²) in [4.78, 5) is 5.62. The molecule has 0 amide bonds. The van der Waals surface area contributed by atoms with Gasteiger partial charge >= 0.3 is 0 Å². The molecule has 0 bridgehead atoms. The second kappa shape index (κ2) is 5.65. The monoisotopic (exact) mass is 297 g/mol. The van der Waals surface area contributed by atoms with Crippen LogP contribution in [-0.2, 0) is 0 Å². The molecule has 0 saturated heterocycles. The van der Waals surface area contributed by atoms with Crippen molar-refractivity contribution in [3.8, 4) is 0 Å². The van der Waals surface area contributed by atoms with Crippen LogP contribution in [0, 0.1) is 0 Å². The van der Waals surface area contributed by atoms with E-state index in [0.717, 1.165) is 14.9 Å². The number of anilines is 1. The van der Waals surface area contributed by atoms with E-state index < -0.39 is 0 Å². The van der Waals surface area contributed by atoms with E-state index in [2.05, 4.69) is 17.2 Å². The largest absolute Gasteiger partial charge is 0.388 e. The number of halogens is 1. The van der Waals surface area contributed by atoms with Crippen LogP contribution in [-0.4, -0.2) is 9.97 Å². The lowest BCUT2D eigenvalue weighted by atomic mass is 10.2. The number of thiocarbonyl (C=S) groups is 1. The molecular formula is C12H12ClN3S2. The van der Waals surface area contributed by atoms with E-state index in [1.807, 2.05) is 24.3 Å². The number of hydrogen-bond donors (Lipinski definition) is 2. The van der Waals surface area contributed by atoms with Crippen molar-refractivity contribution in [3.05, 3.63) is 45.4 Å². The first-order chi connectivity index (χ1) is 8.58. The van der Waals surface area contributed by atoms with Crippen molar-refractivity contribution in [2.45, 2.75) is 13.0 Å². The Bertz CT molecular complexity index is 568. The van der Waals surface area contributed by atoms with Gasteiger partial charge in [-0.1, -0.05) is 23.8 Å². The van der Waals surface area contributed by atoms with Gasteiger partial charge in [0.15, 0.2) is 0 Å². The van der Waals surface area contributed by atoms with E-state index in [1.54, 1.807) is 17.5 Å². The molecule has 1 unspecified atom stereocenters. The lowest BCUT2D eigenvalue weighted by Gasteiger charge is -2.15. The molecule has 94 valence electrons. The van der Waals surface area contributed by atoms with Gasteiger partial charge in [-0.3, -0.25) is 4.98 Å². The van der Waals surface area contributed by atoms with Gasteiger partial charge in [-0.05, 0) is 31.2 Å². The first-order valence-electron chi connectivity index (χ1n) is 5.34. The molecule has 18 heavy (non-hydrogen) atoms. The fourth-order valence-electron chi connectivity index (χ4n) is 1.58. The highest BCUT2D eigenvalue weighted by Gasteiger charge is 2.12. The Morgan fingerprint density at radius 3 is 2.89 bits per heavy atom. The van der Waals surface area contributed by atoms with Crippen LogP contribution >= 0.6 is 35.2 Å². The second-order valence-corrected chi connectivity index (χ2v) is 5.96. The van der Waals surface area contributed by atoms with Crippen molar-refractivity contribution in [3.63, 3.8) is 0 Å². The van der Waals surface area contributed by atoms with Gasteiger partial charge in [-0.2, -0.15) is 0 Å². The van der Waals surface area contributed by atoms with Crippen LogP contribution in [0.2, 0.25) is 4.34 Å². The molecular weight excluding hydrogens is 286 g/mol. The summed E-state index contributed by atoms with van der Waals surface area (Å²) in [6, 6.07) is 7.77. The molecule has 2 aromatic rings. The van der Waals surface area contributed by atoms with E-state index >= 15 is 0 Å². The minimum Gasteiger partial charge on any atom is -0.388 e. The maximum atomic E-state index is 5.93. The summed E-state index contributed by atoms with van der Waals surface area (Å²) < 4.78 is 0.777. The molecule has 0 spiro atoms. The van der Waals surface area contributed by atoms with Crippen molar-refractivity contribution in [1.29, 1.82) is 0 Å². The van der Waals surface area contributed by atoms with Crippen molar-refractivity contribution >= 4 is 45.8 Å². The summed E-state index contributed by atoms with van der Waals surface area (Å²) in [5, 5.41) is 3.34. The van der Waals surface area contributed by atoms with Crippen LogP contribution in [0.25, 0.3) is 0 Å². The summed E-state index contributed by atoms with van der Waals surface area (Å²) in [5.41, 5.74) is 7.09. The molecule has 0 fully saturated rings. The molecule has 3 nitrogen and oxygen atoms in total. The van der Waals surface area contributed by atoms with Crippen molar-refractivity contribution in [2.24, 2.45) is 5.73 Å². The zero-order valence-electron chi connectivity index (χ0n) is 9.68. The number of hydrogen-bond acceptors (Lipinski definition) is 4. The first kappa shape index (κ1) is 13.3. The molecule has 6 heteroatoms. The highest BCUT2D eigenvalue weighted by molar-refractivity contribution is 7.80. The molecule has 2 heterocycles. The molecule has 0 aromatic carbocycles. The zero-order chi connectivity index (χ0) is 13.1. The number of nitrogens with two attached hydrogens (primary N) is 1. The average Bonchev–Trinajstić information content (AvgIpc) is 2.76. The normalized spacial score (nSPS) is 12.1. The number of thiophene rings is 1. The molecule has 0 aliphatic heterocycles. The summed E-state index contributed by atoms with van der Waals surface area (Å²) >= 11 is 12.5. The van der Waals surface area contributed by atoms with Gasteiger partial charge < -0.3 is 11.1 Å². The zero-order valence-corrected chi connectivity index (χ0v) is 12.1. The number of nitrogens with one attached hydrogen (secondary N) is 1. The van der Waals surface area contributed by atoms with Crippen LogP contribution in [0.15, 0.2) is 30.5 Å². The Balaban J connectivity index is 2.21. The number of pyridine rings is 1. The maximum absolute atomic E-state index is 5.93. The molecule has 1 atom stereocenters. The van der Waals surface area contributed by atoms with E-state index in [0.29, 0.717) is 5.69 Å². The first-order valence-corrected chi connectivity index (χ1v) is 6.95. The van der Waals surface area contributed by atoms with Crippen LogP contribution < -0.4 is 11.1 Å². The SMILES string of the molecule is CC(Nc1cccnc1C(N)=S)c1ccc(Cl)s1. The summed E-state index contributed by atoms with van der Waals surface area (Å²) in [6.07, 6.45) is 1.67. The van der Waals surface area contributed by atoms with Crippen LogP contribution in [0.5, 0.6) is 0 Å². The van der Waals surface area contributed by atoms with Crippen LogP contribution in [0.3, 0.4) is 0 Å². The quantitative estimate of drug-likeness (QED) is 0.847. The highest BCUT2D eigenvalue weighted by atomic mass is 35.5. The molecule has 2 rings (SSSR count). The van der Waals surface area contributed by atoms with Gasteiger partial charge in [0.2, 0.25) is 0 Å². The van der Waals surface area contributed by atoms with Gasteiger partial charge in [0.25, 0.3) is 0 Å². The third kappa shape index (κ3) is 2.98. The predicted molar refractivity (Wildman–Crippen MR) is 81.5 cm³/mol. The Morgan fingerprint density at radius 2 is 2.28 bits per heavy atom. The van der Waals surface area contributed by atoms with Crippen LogP contribution in [0.4, 0.5) is 5.69 Å². The van der Waals surface area contributed by atoms with Gasteiger partial charge in [0.1, 0.15) is 10.7 Å². The van der Waals surface area contributed by atoms with Crippen molar-refractivity contribution in [1.82, 2.24) is 4.98 Å². The third-order valence-corrected chi connectivity index (χ3v) is 4.04. The minimum atomic E-state index is 0.125. The van der Waals surface area contributed by atoms with Crippen molar-refractivity contribution < 1.29 is 0 Å². The van der Waals surface area contributed by atoms with Gasteiger partial charge in [0, 0.05) is 11.1 Å².